The van der Waals surface area contributed by atoms with Gasteiger partial charge in [0.1, 0.15) is 0 Å². The molecular formula is C8H9NO2. The lowest BCUT2D eigenvalue weighted by atomic mass is 10.0. The Balaban J connectivity index is 3.22. The van der Waals surface area contributed by atoms with Crippen molar-refractivity contribution in [2.24, 2.45) is 4.99 Å². The quantitative estimate of drug-likeness (QED) is 0.483. The number of nitrogens with zero attached hydrogens (tertiary/aromatic N) is 1. The SMILES string of the molecule is CC1=NC(C)=C(C)C(=O)C1=O. The van der Waals surface area contributed by atoms with Crippen molar-refractivity contribution in [3.63, 3.8) is 0 Å². The van der Waals surface area contributed by atoms with Crippen LogP contribution in [0.15, 0.2) is 16.3 Å². The number of carbonyl (C=O) groups excluding carboxylic acids is 2. The second-order valence-corrected chi connectivity index (χ2v) is 2.57. The molecule has 0 N–H and O–H groups in total. The first-order valence-corrected chi connectivity index (χ1v) is 3.36. The maximum Gasteiger partial charge on any atom is 0.247 e. The Kier molecular flexibility index (Phi) is 1.72. The summed E-state index contributed by atoms with van der Waals surface area (Å²) in [5.41, 5.74) is 1.39. The van der Waals surface area contributed by atoms with E-state index in [2.05, 4.69) is 4.99 Å². The monoisotopic (exact) mass is 151 g/mol. The molecule has 1 rings (SSSR count). The number of hydrogen-bond donors (Lipinski definition) is 0. The second-order valence-electron chi connectivity index (χ2n) is 2.57. The van der Waals surface area contributed by atoms with Gasteiger partial charge < -0.3 is 0 Å². The van der Waals surface area contributed by atoms with Crippen LogP contribution in [-0.2, 0) is 9.59 Å². The number of hydrogen-bond acceptors (Lipinski definition) is 3. The van der Waals surface area contributed by atoms with Crippen molar-refractivity contribution in [3.05, 3.63) is 11.3 Å². The Morgan fingerprint density at radius 3 is 2.09 bits per heavy atom. The molecule has 0 aromatic carbocycles. The summed E-state index contributed by atoms with van der Waals surface area (Å²) in [5.74, 6) is -0.900. The van der Waals surface area contributed by atoms with Crippen LogP contribution in [0.1, 0.15) is 20.8 Å². The largest absolute Gasteiger partial charge is 0.285 e. The minimum absolute atomic E-state index is 0.290. The molecule has 1 heterocycles. The summed E-state index contributed by atoms with van der Waals surface area (Å²) in [6.45, 7) is 4.89. The third kappa shape index (κ3) is 1.13. The summed E-state index contributed by atoms with van der Waals surface area (Å²) in [4.78, 5) is 25.9. The van der Waals surface area contributed by atoms with E-state index in [4.69, 9.17) is 0 Å². The van der Waals surface area contributed by atoms with Gasteiger partial charge in [-0.25, -0.2) is 0 Å². The molecule has 0 radical (unpaired) electrons. The van der Waals surface area contributed by atoms with Crippen LogP contribution in [0, 0.1) is 0 Å². The molecule has 0 spiro atoms. The Bertz CT molecular complexity index is 293. The zero-order valence-electron chi connectivity index (χ0n) is 6.76. The van der Waals surface area contributed by atoms with E-state index in [1.54, 1.807) is 20.8 Å². The predicted molar refractivity (Wildman–Crippen MR) is 41.5 cm³/mol. The van der Waals surface area contributed by atoms with E-state index in [0.717, 1.165) is 0 Å². The Hall–Kier alpha value is -1.25. The molecule has 0 amide bonds. The third-order valence-corrected chi connectivity index (χ3v) is 1.75. The van der Waals surface area contributed by atoms with Gasteiger partial charge in [-0.15, -0.1) is 0 Å². The van der Waals surface area contributed by atoms with Crippen LogP contribution in [0.5, 0.6) is 0 Å². The van der Waals surface area contributed by atoms with Gasteiger partial charge in [0.15, 0.2) is 0 Å². The fourth-order valence-corrected chi connectivity index (χ4v) is 0.885. The maximum absolute atomic E-state index is 11.1. The van der Waals surface area contributed by atoms with Crippen LogP contribution in [0.4, 0.5) is 0 Å². The van der Waals surface area contributed by atoms with Crippen molar-refractivity contribution in [3.8, 4) is 0 Å². The van der Waals surface area contributed by atoms with Gasteiger partial charge in [-0.2, -0.15) is 0 Å². The van der Waals surface area contributed by atoms with Crippen LogP contribution >= 0.6 is 0 Å². The molecule has 0 saturated carbocycles. The molecule has 1 aliphatic heterocycles. The number of rotatable bonds is 0. The summed E-state index contributed by atoms with van der Waals surface area (Å²) < 4.78 is 0. The molecule has 0 aromatic rings. The second kappa shape index (κ2) is 2.42. The minimum Gasteiger partial charge on any atom is -0.285 e. The lowest BCUT2D eigenvalue weighted by Gasteiger charge is -2.08. The first-order valence-electron chi connectivity index (χ1n) is 3.36. The molecule has 11 heavy (non-hydrogen) atoms. The van der Waals surface area contributed by atoms with Crippen molar-refractivity contribution in [2.75, 3.05) is 0 Å². The van der Waals surface area contributed by atoms with Crippen molar-refractivity contribution >= 4 is 17.3 Å². The molecule has 58 valence electrons. The van der Waals surface area contributed by atoms with Crippen LogP contribution in [0.3, 0.4) is 0 Å². The number of carbonyl (C=O) groups is 2. The first kappa shape index (κ1) is 7.85. The van der Waals surface area contributed by atoms with E-state index in [0.29, 0.717) is 11.3 Å². The van der Waals surface area contributed by atoms with Gasteiger partial charge in [0.2, 0.25) is 11.6 Å². The fraction of sp³-hybridized carbons (Fsp3) is 0.375. The van der Waals surface area contributed by atoms with Gasteiger partial charge in [0.05, 0.1) is 5.71 Å². The summed E-state index contributed by atoms with van der Waals surface area (Å²) >= 11 is 0. The standard InChI is InChI=1S/C8H9NO2/c1-4-5(2)9-6(3)8(11)7(4)10/h1-3H3. The Morgan fingerprint density at radius 1 is 1.00 bits per heavy atom. The van der Waals surface area contributed by atoms with Gasteiger partial charge in [-0.05, 0) is 20.8 Å². The van der Waals surface area contributed by atoms with Crippen molar-refractivity contribution in [1.82, 2.24) is 0 Å². The number of Topliss-reactive ketones (excluding diaryl/α,β-unsaturated/α-hetero) is 2. The van der Waals surface area contributed by atoms with Gasteiger partial charge in [0, 0.05) is 11.3 Å². The minimum atomic E-state index is -0.479. The smallest absolute Gasteiger partial charge is 0.247 e. The highest BCUT2D eigenvalue weighted by Gasteiger charge is 2.24. The van der Waals surface area contributed by atoms with E-state index >= 15 is 0 Å². The molecule has 0 atom stereocenters. The van der Waals surface area contributed by atoms with Gasteiger partial charge in [-0.3, -0.25) is 14.6 Å². The summed E-state index contributed by atoms with van der Waals surface area (Å²) in [6.07, 6.45) is 0. The highest BCUT2D eigenvalue weighted by atomic mass is 16.2. The molecular weight excluding hydrogens is 142 g/mol. The van der Waals surface area contributed by atoms with E-state index in [-0.39, 0.29) is 5.71 Å². The van der Waals surface area contributed by atoms with Gasteiger partial charge in [0.25, 0.3) is 0 Å². The predicted octanol–water partition coefficient (Wildman–Crippen LogP) is 0.893. The highest BCUT2D eigenvalue weighted by Crippen LogP contribution is 2.12. The lowest BCUT2D eigenvalue weighted by Crippen LogP contribution is -2.26. The first-order chi connectivity index (χ1) is 5.04. The summed E-state index contributed by atoms with van der Waals surface area (Å²) in [5, 5.41) is 0. The zero-order chi connectivity index (χ0) is 8.59. The molecule has 0 bridgehead atoms. The van der Waals surface area contributed by atoms with Crippen LogP contribution in [-0.4, -0.2) is 17.3 Å². The zero-order valence-corrected chi connectivity index (χ0v) is 6.76. The van der Waals surface area contributed by atoms with Crippen LogP contribution in [0.2, 0.25) is 0 Å². The van der Waals surface area contributed by atoms with Gasteiger partial charge in [-0.1, -0.05) is 0 Å². The van der Waals surface area contributed by atoms with Crippen LogP contribution < -0.4 is 0 Å². The van der Waals surface area contributed by atoms with E-state index in [9.17, 15) is 9.59 Å². The van der Waals surface area contributed by atoms with E-state index < -0.39 is 11.6 Å². The van der Waals surface area contributed by atoms with E-state index in [1.165, 1.54) is 0 Å². The molecule has 0 aliphatic carbocycles. The molecule has 0 unspecified atom stereocenters. The molecule has 0 aromatic heterocycles. The third-order valence-electron chi connectivity index (χ3n) is 1.75. The Labute approximate surface area is 64.8 Å². The normalized spacial score (nSPS) is 19.0. The Morgan fingerprint density at radius 2 is 1.55 bits per heavy atom. The topological polar surface area (TPSA) is 46.5 Å². The van der Waals surface area contributed by atoms with Crippen molar-refractivity contribution in [1.29, 1.82) is 0 Å². The molecule has 1 aliphatic rings. The van der Waals surface area contributed by atoms with Crippen LogP contribution in [0.25, 0.3) is 0 Å². The average Bonchev–Trinajstić information content (AvgIpc) is 1.97. The maximum atomic E-state index is 11.1. The van der Waals surface area contributed by atoms with E-state index in [1.807, 2.05) is 0 Å². The summed E-state index contributed by atoms with van der Waals surface area (Å²) in [7, 11) is 0. The fourth-order valence-electron chi connectivity index (χ4n) is 0.885. The highest BCUT2D eigenvalue weighted by molar-refractivity contribution is 6.68. The number of allylic oxidation sites excluding steroid dienone is 2. The average molecular weight is 151 g/mol. The summed E-state index contributed by atoms with van der Waals surface area (Å²) in [6, 6.07) is 0. The molecule has 0 saturated heterocycles. The van der Waals surface area contributed by atoms with Gasteiger partial charge >= 0.3 is 0 Å². The molecule has 3 nitrogen and oxygen atoms in total. The molecule has 0 fully saturated rings. The number of aliphatic imine (C=N–C) groups is 1. The van der Waals surface area contributed by atoms with Crippen molar-refractivity contribution < 1.29 is 9.59 Å². The number of ketones is 2. The molecule has 3 heteroatoms. The van der Waals surface area contributed by atoms with Crippen molar-refractivity contribution in [2.45, 2.75) is 20.8 Å². The lowest BCUT2D eigenvalue weighted by molar-refractivity contribution is -0.130.